The predicted molar refractivity (Wildman–Crippen MR) is 115 cm³/mol. The number of hydrogen-bond acceptors (Lipinski definition) is 7. The maximum absolute atomic E-state index is 13.4. The Labute approximate surface area is 188 Å². The highest BCUT2D eigenvalue weighted by molar-refractivity contribution is 5.89. The van der Waals surface area contributed by atoms with Crippen LogP contribution in [0, 0.1) is 0 Å². The lowest BCUT2D eigenvalue weighted by molar-refractivity contribution is -0.153. The van der Waals surface area contributed by atoms with Crippen molar-refractivity contribution in [1.29, 1.82) is 0 Å². The number of carboxylic acids is 1. The van der Waals surface area contributed by atoms with Gasteiger partial charge in [-0.05, 0) is 47.0 Å². The lowest BCUT2D eigenvalue weighted by atomic mass is 10.1. The summed E-state index contributed by atoms with van der Waals surface area (Å²) in [5, 5.41) is 23.1. The molecule has 0 aliphatic carbocycles. The average molecular weight is 457 g/mol. The molecule has 11 heteroatoms. The van der Waals surface area contributed by atoms with Crippen LogP contribution in [0.25, 0.3) is 0 Å². The van der Waals surface area contributed by atoms with Gasteiger partial charge in [0.25, 0.3) is 0 Å². The minimum atomic E-state index is -1.32. The van der Waals surface area contributed by atoms with E-state index < -0.39 is 47.9 Å². The average Bonchev–Trinajstić information content (AvgIpc) is 3.09. The van der Waals surface area contributed by atoms with E-state index in [9.17, 15) is 29.4 Å². The predicted octanol–water partition coefficient (Wildman–Crippen LogP) is 0.215. The number of hydrogen-bond donors (Lipinski definition) is 3. The largest absolute Gasteiger partial charge is 0.480 e. The summed E-state index contributed by atoms with van der Waals surface area (Å²) in [7, 11) is 1.47. The van der Waals surface area contributed by atoms with Gasteiger partial charge in [0, 0.05) is 33.1 Å². The van der Waals surface area contributed by atoms with Gasteiger partial charge in [-0.1, -0.05) is 0 Å². The molecule has 0 aromatic rings. The summed E-state index contributed by atoms with van der Waals surface area (Å²) in [4.78, 5) is 53.6. The van der Waals surface area contributed by atoms with Crippen LogP contribution in [0.2, 0.25) is 0 Å². The van der Waals surface area contributed by atoms with Crippen LogP contribution in [0.3, 0.4) is 0 Å². The first kappa shape index (κ1) is 25.9. The van der Waals surface area contributed by atoms with Crippen molar-refractivity contribution in [2.45, 2.75) is 89.9 Å². The Morgan fingerprint density at radius 3 is 2.38 bits per heavy atom. The summed E-state index contributed by atoms with van der Waals surface area (Å²) in [6.45, 7) is 8.57. The highest BCUT2D eigenvalue weighted by Gasteiger charge is 2.45. The fourth-order valence-electron chi connectivity index (χ4n) is 4.08. The molecule has 5 atom stereocenters. The van der Waals surface area contributed by atoms with Crippen LogP contribution >= 0.6 is 0 Å². The van der Waals surface area contributed by atoms with Gasteiger partial charge >= 0.3 is 12.1 Å². The quantitative estimate of drug-likeness (QED) is 0.499. The van der Waals surface area contributed by atoms with Gasteiger partial charge in [-0.3, -0.25) is 14.9 Å². The van der Waals surface area contributed by atoms with Crippen LogP contribution in [0.1, 0.15) is 53.9 Å². The molecule has 0 saturated carbocycles. The minimum absolute atomic E-state index is 0.0103. The normalized spacial score (nSPS) is 26.0. The Kier molecular flexibility index (Phi) is 8.11. The molecule has 0 aromatic carbocycles. The molecule has 2 fully saturated rings. The van der Waals surface area contributed by atoms with Crippen LogP contribution < -0.4 is 5.32 Å². The van der Waals surface area contributed by atoms with E-state index in [0.717, 1.165) is 0 Å². The number of carbonyl (C=O) groups excluding carboxylic acids is 3. The first-order chi connectivity index (χ1) is 14.7. The lowest BCUT2D eigenvalue weighted by Crippen LogP contribution is -2.63. The van der Waals surface area contributed by atoms with E-state index >= 15 is 0 Å². The van der Waals surface area contributed by atoms with E-state index in [4.69, 9.17) is 4.74 Å². The third kappa shape index (κ3) is 6.10. The van der Waals surface area contributed by atoms with E-state index in [2.05, 4.69) is 5.32 Å². The van der Waals surface area contributed by atoms with Crippen LogP contribution in [0.4, 0.5) is 4.79 Å². The molecule has 1 unspecified atom stereocenters. The number of aliphatic carboxylic acids is 1. The molecule has 11 nitrogen and oxygen atoms in total. The monoisotopic (exact) mass is 456 g/mol. The molecule has 2 saturated heterocycles. The fraction of sp³-hybridized carbons (Fsp3) is 0.810. The molecule has 32 heavy (non-hydrogen) atoms. The number of carbonyl (C=O) groups is 4. The Bertz CT molecular complexity index is 738. The van der Waals surface area contributed by atoms with E-state index in [0.29, 0.717) is 25.8 Å². The SMILES string of the molecule is CC(=O)N1CC[C@H]2CC[C@@H](C(=O)O)N2C(=O)[C@@H](NC(O)[C@H](C)N(C)C(=O)OC(C)(C)C)C1. The molecule has 182 valence electrons. The summed E-state index contributed by atoms with van der Waals surface area (Å²) in [5.41, 5.74) is -0.711. The zero-order chi connectivity index (χ0) is 24.4. The summed E-state index contributed by atoms with van der Waals surface area (Å²) in [6, 6.07) is -3.00. The number of ether oxygens (including phenoxy) is 1. The zero-order valence-corrected chi connectivity index (χ0v) is 19.7. The van der Waals surface area contributed by atoms with Crippen molar-refractivity contribution in [3.63, 3.8) is 0 Å². The summed E-state index contributed by atoms with van der Waals surface area (Å²) >= 11 is 0. The van der Waals surface area contributed by atoms with Crippen molar-refractivity contribution in [2.24, 2.45) is 0 Å². The molecule has 0 bridgehead atoms. The number of fused-ring (bicyclic) bond motifs is 1. The van der Waals surface area contributed by atoms with Crippen molar-refractivity contribution < 1.29 is 34.1 Å². The summed E-state index contributed by atoms with van der Waals surface area (Å²) in [6.07, 6.45) is -0.562. The zero-order valence-electron chi connectivity index (χ0n) is 19.7. The maximum Gasteiger partial charge on any atom is 0.410 e. The maximum atomic E-state index is 13.4. The number of nitrogens with one attached hydrogen (secondary N) is 1. The number of rotatable bonds is 5. The number of nitrogens with zero attached hydrogens (tertiary/aromatic N) is 3. The molecule has 3 amide bonds. The third-order valence-corrected chi connectivity index (χ3v) is 6.04. The standard InChI is InChI=1S/C21H36N4O7/c1-12(23(6)20(31)32-21(3,4)5)17(27)22-15-11-24(13(2)26)10-9-14-7-8-16(19(29)30)25(14)18(15)28/h12,14-17,22,27H,7-11H2,1-6H3,(H,29,30)/t12-,14+,15-,16-,17?/m0/s1. The van der Waals surface area contributed by atoms with Crippen molar-refractivity contribution in [1.82, 2.24) is 20.0 Å². The Morgan fingerprint density at radius 1 is 1.22 bits per heavy atom. The van der Waals surface area contributed by atoms with Gasteiger partial charge in [-0.25, -0.2) is 9.59 Å². The van der Waals surface area contributed by atoms with E-state index in [-0.39, 0.29) is 18.5 Å². The highest BCUT2D eigenvalue weighted by atomic mass is 16.6. The minimum Gasteiger partial charge on any atom is -0.480 e. The van der Waals surface area contributed by atoms with Crippen molar-refractivity contribution in [3.8, 4) is 0 Å². The molecule has 0 aromatic heterocycles. The van der Waals surface area contributed by atoms with Crippen LogP contribution in [0.5, 0.6) is 0 Å². The highest BCUT2D eigenvalue weighted by Crippen LogP contribution is 2.29. The van der Waals surface area contributed by atoms with Gasteiger partial charge in [0.15, 0.2) is 0 Å². The first-order valence-electron chi connectivity index (χ1n) is 10.9. The number of aliphatic hydroxyl groups is 1. The molecule has 2 aliphatic rings. The molecular formula is C21H36N4O7. The second-order valence-electron chi connectivity index (χ2n) is 9.58. The van der Waals surface area contributed by atoms with Crippen molar-refractivity contribution in [3.05, 3.63) is 0 Å². The molecule has 3 N–H and O–H groups in total. The van der Waals surface area contributed by atoms with E-state index in [1.54, 1.807) is 27.7 Å². The van der Waals surface area contributed by atoms with Gasteiger partial charge < -0.3 is 29.6 Å². The van der Waals surface area contributed by atoms with Gasteiger partial charge in [-0.15, -0.1) is 0 Å². The molecule has 2 aliphatic heterocycles. The molecule has 0 spiro atoms. The second kappa shape index (κ2) is 10.0. The topological polar surface area (TPSA) is 140 Å². The summed E-state index contributed by atoms with van der Waals surface area (Å²) in [5.74, 6) is -1.75. The number of aliphatic hydroxyl groups excluding tert-OH is 1. The smallest absolute Gasteiger partial charge is 0.410 e. The second-order valence-corrected chi connectivity index (χ2v) is 9.58. The van der Waals surface area contributed by atoms with E-state index in [1.165, 1.54) is 28.7 Å². The number of amides is 3. The van der Waals surface area contributed by atoms with Gasteiger partial charge in [-0.2, -0.15) is 0 Å². The Morgan fingerprint density at radius 2 is 1.84 bits per heavy atom. The van der Waals surface area contributed by atoms with Crippen LogP contribution in [-0.4, -0.2) is 105 Å². The number of carboxylic acid groups (broad SMARTS) is 1. The Hall–Kier alpha value is -2.40. The third-order valence-electron chi connectivity index (χ3n) is 6.04. The molecule has 2 rings (SSSR count). The van der Waals surface area contributed by atoms with Crippen molar-refractivity contribution in [2.75, 3.05) is 20.1 Å². The van der Waals surface area contributed by atoms with Crippen LogP contribution in [-0.2, 0) is 19.1 Å². The molecule has 2 heterocycles. The first-order valence-corrected chi connectivity index (χ1v) is 10.9. The van der Waals surface area contributed by atoms with Gasteiger partial charge in [0.05, 0.1) is 6.04 Å². The van der Waals surface area contributed by atoms with Gasteiger partial charge in [0.2, 0.25) is 11.8 Å². The van der Waals surface area contributed by atoms with Crippen LogP contribution in [0.15, 0.2) is 0 Å². The molecule has 0 radical (unpaired) electrons. The lowest BCUT2D eigenvalue weighted by Gasteiger charge is -2.39. The Balaban J connectivity index is 2.20. The number of likely N-dealkylation sites (N-methyl/N-ethyl adjacent to an activating group) is 1. The fourth-order valence-corrected chi connectivity index (χ4v) is 4.08. The molecular weight excluding hydrogens is 420 g/mol. The summed E-state index contributed by atoms with van der Waals surface area (Å²) < 4.78 is 5.32. The van der Waals surface area contributed by atoms with E-state index in [1.807, 2.05) is 0 Å². The van der Waals surface area contributed by atoms with Crippen molar-refractivity contribution >= 4 is 23.9 Å². The van der Waals surface area contributed by atoms with Gasteiger partial charge in [0.1, 0.15) is 23.9 Å².